The third-order valence-corrected chi connectivity index (χ3v) is 7.16. The first-order valence-corrected chi connectivity index (χ1v) is 13.1. The fourth-order valence-electron chi connectivity index (χ4n) is 4.42. The number of benzene rings is 2. The van der Waals surface area contributed by atoms with E-state index in [1.165, 1.54) is 10.5 Å². The number of nitrogens with zero attached hydrogens (tertiary/aromatic N) is 2. The van der Waals surface area contributed by atoms with Crippen molar-refractivity contribution < 1.29 is 19.1 Å². The number of piperidine rings is 1. The van der Waals surface area contributed by atoms with Crippen LogP contribution in [0.5, 0.6) is 0 Å². The van der Waals surface area contributed by atoms with Crippen LogP contribution in [0, 0.1) is 5.92 Å². The molecule has 198 valence electrons. The third-order valence-electron chi connectivity index (χ3n) is 6.53. The molecule has 0 atom stereocenters. The zero-order valence-corrected chi connectivity index (χ0v) is 22.7. The summed E-state index contributed by atoms with van der Waals surface area (Å²) in [6.07, 6.45) is 1.27. The Labute approximate surface area is 227 Å². The molecule has 10 heteroatoms. The summed E-state index contributed by atoms with van der Waals surface area (Å²) in [6.45, 7) is 7.40. The number of anilines is 2. The van der Waals surface area contributed by atoms with Gasteiger partial charge in [-0.1, -0.05) is 41.4 Å². The van der Waals surface area contributed by atoms with Gasteiger partial charge in [-0.15, -0.1) is 0 Å². The number of ether oxygens (including phenoxy) is 1. The van der Waals surface area contributed by atoms with Crippen LogP contribution in [0.4, 0.5) is 21.0 Å². The second kappa shape index (κ2) is 11.2. The Morgan fingerprint density at radius 2 is 1.49 bits per heavy atom. The van der Waals surface area contributed by atoms with Crippen LogP contribution in [0.25, 0.3) is 0 Å². The van der Waals surface area contributed by atoms with Crippen molar-refractivity contribution in [3.63, 3.8) is 0 Å². The van der Waals surface area contributed by atoms with E-state index in [2.05, 4.69) is 10.6 Å². The molecule has 0 aromatic heterocycles. The van der Waals surface area contributed by atoms with Gasteiger partial charge in [0.2, 0.25) is 5.91 Å². The number of para-hydroxylation sites is 1. The van der Waals surface area contributed by atoms with E-state index in [0.29, 0.717) is 47.8 Å². The Bertz CT molecular complexity index is 1130. The van der Waals surface area contributed by atoms with Gasteiger partial charge in [0.25, 0.3) is 0 Å². The summed E-state index contributed by atoms with van der Waals surface area (Å²) < 4.78 is 5.33. The Hall–Kier alpha value is -2.97. The van der Waals surface area contributed by atoms with Gasteiger partial charge in [-0.05, 0) is 69.4 Å². The summed E-state index contributed by atoms with van der Waals surface area (Å²) in [5.41, 5.74) is 1.76. The lowest BCUT2D eigenvalue weighted by atomic mass is 9.89. The van der Waals surface area contributed by atoms with Crippen LogP contribution in [0.2, 0.25) is 10.0 Å². The Balaban J connectivity index is 1.22. The van der Waals surface area contributed by atoms with E-state index in [4.69, 9.17) is 27.9 Å². The highest BCUT2D eigenvalue weighted by atomic mass is 35.5. The number of carbonyl (C=O) groups excluding carboxylic acids is 3. The first-order valence-electron chi connectivity index (χ1n) is 12.4. The molecule has 2 aromatic carbocycles. The summed E-state index contributed by atoms with van der Waals surface area (Å²) >= 11 is 12.3. The first kappa shape index (κ1) is 27.1. The van der Waals surface area contributed by atoms with Crippen molar-refractivity contribution in [2.24, 2.45) is 5.92 Å². The van der Waals surface area contributed by atoms with Gasteiger partial charge in [0.15, 0.2) is 0 Å². The van der Waals surface area contributed by atoms with Gasteiger partial charge in [-0.2, -0.15) is 0 Å². The number of carbonyl (C=O) groups is 3. The lowest BCUT2D eigenvalue weighted by Gasteiger charge is -2.38. The molecule has 2 saturated heterocycles. The SMILES string of the molecule is CC(C)(C)OC(=O)N1CC(C(=O)Nc2ccc(C3CCN(C(=O)Nc4c(Cl)cccc4Cl)CC3)cc2)C1. The maximum atomic E-state index is 12.7. The van der Waals surface area contributed by atoms with Gasteiger partial charge >= 0.3 is 12.1 Å². The zero-order valence-electron chi connectivity index (χ0n) is 21.2. The largest absolute Gasteiger partial charge is 0.444 e. The van der Waals surface area contributed by atoms with Crippen molar-refractivity contribution in [2.75, 3.05) is 36.8 Å². The Morgan fingerprint density at radius 1 is 0.892 bits per heavy atom. The maximum Gasteiger partial charge on any atom is 0.410 e. The summed E-state index contributed by atoms with van der Waals surface area (Å²) in [4.78, 5) is 40.6. The Morgan fingerprint density at radius 3 is 2.05 bits per heavy atom. The molecule has 0 aliphatic carbocycles. The highest BCUT2D eigenvalue weighted by molar-refractivity contribution is 6.39. The topological polar surface area (TPSA) is 91.0 Å². The van der Waals surface area contributed by atoms with E-state index in [9.17, 15) is 14.4 Å². The van der Waals surface area contributed by atoms with Gasteiger partial charge in [-0.3, -0.25) is 4.79 Å². The van der Waals surface area contributed by atoms with Gasteiger partial charge in [0, 0.05) is 31.9 Å². The molecule has 37 heavy (non-hydrogen) atoms. The highest BCUT2D eigenvalue weighted by Crippen LogP contribution is 2.32. The fraction of sp³-hybridized carbons (Fsp3) is 0.444. The zero-order chi connectivity index (χ0) is 26.7. The average molecular weight is 547 g/mol. The van der Waals surface area contributed by atoms with Crippen LogP contribution in [0.3, 0.4) is 0 Å². The van der Waals surface area contributed by atoms with Crippen molar-refractivity contribution in [3.8, 4) is 0 Å². The molecule has 2 N–H and O–H groups in total. The van der Waals surface area contributed by atoms with Crippen LogP contribution in [0.15, 0.2) is 42.5 Å². The molecule has 4 amide bonds. The van der Waals surface area contributed by atoms with E-state index in [0.717, 1.165) is 18.5 Å². The summed E-state index contributed by atoms with van der Waals surface area (Å²) in [7, 11) is 0. The number of halogens is 2. The standard InChI is InChI=1S/C27H32Cl2N4O4/c1-27(2,3)37-26(36)33-15-19(16-33)24(34)30-20-9-7-17(8-10-20)18-11-13-32(14-12-18)25(35)31-23-21(28)5-4-6-22(23)29/h4-10,18-19H,11-16H2,1-3H3,(H,30,34)(H,31,35). The van der Waals surface area contributed by atoms with Crippen molar-refractivity contribution in [3.05, 3.63) is 58.1 Å². The third kappa shape index (κ3) is 6.87. The van der Waals surface area contributed by atoms with E-state index in [-0.39, 0.29) is 17.9 Å². The first-order chi connectivity index (χ1) is 17.5. The maximum absolute atomic E-state index is 12.7. The van der Waals surface area contributed by atoms with E-state index in [1.807, 2.05) is 45.0 Å². The molecule has 4 rings (SSSR count). The number of urea groups is 1. The molecule has 0 bridgehead atoms. The molecule has 8 nitrogen and oxygen atoms in total. The second-order valence-corrected chi connectivity index (χ2v) is 11.3. The molecule has 0 unspecified atom stereocenters. The fourth-order valence-corrected chi connectivity index (χ4v) is 4.91. The van der Waals surface area contributed by atoms with Crippen molar-refractivity contribution in [1.29, 1.82) is 0 Å². The monoisotopic (exact) mass is 546 g/mol. The van der Waals surface area contributed by atoms with Gasteiger partial charge < -0.3 is 25.2 Å². The predicted octanol–water partition coefficient (Wildman–Crippen LogP) is 6.21. The molecule has 2 aromatic rings. The van der Waals surface area contributed by atoms with Crippen molar-refractivity contribution in [1.82, 2.24) is 9.80 Å². The molecule has 2 aliphatic rings. The lowest BCUT2D eigenvalue weighted by molar-refractivity contribution is -0.124. The quantitative estimate of drug-likeness (QED) is 0.476. The smallest absolute Gasteiger partial charge is 0.410 e. The molecular formula is C27H32Cl2N4O4. The molecular weight excluding hydrogens is 515 g/mol. The van der Waals surface area contributed by atoms with Gasteiger partial charge in [0.1, 0.15) is 5.60 Å². The predicted molar refractivity (Wildman–Crippen MR) is 145 cm³/mol. The molecule has 0 saturated carbocycles. The van der Waals surface area contributed by atoms with Gasteiger partial charge in [0.05, 0.1) is 21.7 Å². The van der Waals surface area contributed by atoms with E-state index in [1.54, 1.807) is 23.1 Å². The number of hydrogen-bond donors (Lipinski definition) is 2. The van der Waals surface area contributed by atoms with Crippen LogP contribution >= 0.6 is 23.2 Å². The molecule has 2 aliphatic heterocycles. The Kier molecular flexibility index (Phi) is 8.19. The average Bonchev–Trinajstić information content (AvgIpc) is 2.80. The molecule has 0 radical (unpaired) electrons. The molecule has 2 heterocycles. The summed E-state index contributed by atoms with van der Waals surface area (Å²) in [5.74, 6) is -0.0273. The molecule has 2 fully saturated rings. The van der Waals surface area contributed by atoms with Gasteiger partial charge in [-0.25, -0.2) is 9.59 Å². The number of hydrogen-bond acceptors (Lipinski definition) is 4. The second-order valence-electron chi connectivity index (χ2n) is 10.5. The number of rotatable bonds is 4. The minimum Gasteiger partial charge on any atom is -0.444 e. The van der Waals surface area contributed by atoms with E-state index >= 15 is 0 Å². The number of nitrogens with one attached hydrogen (secondary N) is 2. The number of amides is 4. The van der Waals surface area contributed by atoms with Crippen molar-refractivity contribution in [2.45, 2.75) is 45.1 Å². The minimum absolute atomic E-state index is 0.106. The highest BCUT2D eigenvalue weighted by Gasteiger charge is 2.38. The van der Waals surface area contributed by atoms with Crippen LogP contribution < -0.4 is 10.6 Å². The minimum atomic E-state index is -0.556. The van der Waals surface area contributed by atoms with Crippen LogP contribution in [-0.2, 0) is 9.53 Å². The van der Waals surface area contributed by atoms with E-state index < -0.39 is 11.7 Å². The summed E-state index contributed by atoms with van der Waals surface area (Å²) in [6, 6.07) is 12.7. The summed E-state index contributed by atoms with van der Waals surface area (Å²) in [5, 5.41) is 6.56. The van der Waals surface area contributed by atoms with Crippen LogP contribution in [0.1, 0.15) is 45.1 Å². The normalized spacial score (nSPS) is 16.7. The number of likely N-dealkylation sites (tertiary alicyclic amines) is 2. The van der Waals surface area contributed by atoms with Crippen molar-refractivity contribution >= 4 is 52.6 Å². The molecule has 0 spiro atoms. The van der Waals surface area contributed by atoms with Crippen LogP contribution in [-0.4, -0.2) is 59.6 Å². The lowest BCUT2D eigenvalue weighted by Crippen LogP contribution is -2.55.